The molecule has 0 fully saturated rings. The summed E-state index contributed by atoms with van der Waals surface area (Å²) in [5.74, 6) is -0.0789. The number of ether oxygens (including phenoxy) is 1. The molecule has 5 nitrogen and oxygen atoms in total. The van der Waals surface area contributed by atoms with Crippen molar-refractivity contribution in [1.82, 2.24) is 9.78 Å². The average Bonchev–Trinajstić information content (AvgIpc) is 2.76. The van der Waals surface area contributed by atoms with E-state index in [0.29, 0.717) is 21.4 Å². The molecule has 0 aliphatic heterocycles. The minimum atomic E-state index is -0.431. The van der Waals surface area contributed by atoms with Gasteiger partial charge < -0.3 is 10.5 Å². The summed E-state index contributed by atoms with van der Waals surface area (Å²) in [4.78, 5) is 11.6. The van der Waals surface area contributed by atoms with Crippen molar-refractivity contribution in [3.63, 3.8) is 0 Å². The number of nitrogen functional groups attached to an aromatic ring is 1. The number of anilines is 1. The summed E-state index contributed by atoms with van der Waals surface area (Å²) in [5, 5.41) is 4.70. The molecule has 0 amide bonds. The number of hydrogen-bond donors (Lipinski definition) is 1. The SMILES string of the molecule is Nc1ccn(CC(=O)OCc2cccc(Cl)c2Cl)n1. The molecule has 0 bridgehead atoms. The van der Waals surface area contributed by atoms with E-state index in [1.54, 1.807) is 30.5 Å². The van der Waals surface area contributed by atoms with E-state index >= 15 is 0 Å². The van der Waals surface area contributed by atoms with Crippen molar-refractivity contribution in [3.05, 3.63) is 46.1 Å². The smallest absolute Gasteiger partial charge is 0.328 e. The topological polar surface area (TPSA) is 70.1 Å². The zero-order valence-corrected chi connectivity index (χ0v) is 11.4. The minimum absolute atomic E-state index is 0.00458. The second-order valence-electron chi connectivity index (χ2n) is 3.81. The molecule has 0 spiro atoms. The predicted molar refractivity (Wildman–Crippen MR) is 72.9 cm³/mol. The van der Waals surface area contributed by atoms with Crippen LogP contribution in [-0.4, -0.2) is 15.7 Å². The number of carbonyl (C=O) groups excluding carboxylic acids is 1. The molecule has 1 aromatic carbocycles. The van der Waals surface area contributed by atoms with Crippen molar-refractivity contribution >= 4 is 35.0 Å². The first-order valence-electron chi connectivity index (χ1n) is 5.43. The summed E-state index contributed by atoms with van der Waals surface area (Å²) in [7, 11) is 0. The Morgan fingerprint density at radius 2 is 2.16 bits per heavy atom. The number of carbonyl (C=O) groups is 1. The van der Waals surface area contributed by atoms with Crippen molar-refractivity contribution in [1.29, 1.82) is 0 Å². The van der Waals surface area contributed by atoms with E-state index in [0.717, 1.165) is 0 Å². The van der Waals surface area contributed by atoms with Gasteiger partial charge in [0.15, 0.2) is 0 Å². The molecular weight excluding hydrogens is 289 g/mol. The summed E-state index contributed by atoms with van der Waals surface area (Å²) < 4.78 is 6.49. The van der Waals surface area contributed by atoms with E-state index in [-0.39, 0.29) is 13.2 Å². The molecule has 100 valence electrons. The van der Waals surface area contributed by atoms with Crippen LogP contribution >= 0.6 is 23.2 Å². The third-order valence-electron chi connectivity index (χ3n) is 2.37. The lowest BCUT2D eigenvalue weighted by atomic mass is 10.2. The molecule has 2 aromatic rings. The number of rotatable bonds is 4. The van der Waals surface area contributed by atoms with Crippen molar-refractivity contribution in [2.24, 2.45) is 0 Å². The van der Waals surface area contributed by atoms with Crippen LogP contribution < -0.4 is 5.73 Å². The number of benzene rings is 1. The second-order valence-corrected chi connectivity index (χ2v) is 4.60. The Hall–Kier alpha value is -1.72. The third-order valence-corrected chi connectivity index (χ3v) is 3.23. The summed E-state index contributed by atoms with van der Waals surface area (Å²) in [6.07, 6.45) is 1.60. The highest BCUT2D eigenvalue weighted by atomic mass is 35.5. The fourth-order valence-corrected chi connectivity index (χ4v) is 1.84. The Balaban J connectivity index is 1.91. The maximum Gasteiger partial charge on any atom is 0.328 e. The van der Waals surface area contributed by atoms with Gasteiger partial charge in [0, 0.05) is 11.8 Å². The van der Waals surface area contributed by atoms with Gasteiger partial charge in [0.2, 0.25) is 0 Å². The van der Waals surface area contributed by atoms with E-state index in [9.17, 15) is 4.79 Å². The van der Waals surface area contributed by atoms with Gasteiger partial charge in [-0.2, -0.15) is 5.10 Å². The Morgan fingerprint density at radius 3 is 2.84 bits per heavy atom. The van der Waals surface area contributed by atoms with E-state index in [2.05, 4.69) is 5.10 Å². The quantitative estimate of drug-likeness (QED) is 0.881. The zero-order valence-electron chi connectivity index (χ0n) is 9.85. The van der Waals surface area contributed by atoms with E-state index in [4.69, 9.17) is 33.7 Å². The molecule has 7 heteroatoms. The second kappa shape index (κ2) is 5.95. The number of hydrogen-bond acceptors (Lipinski definition) is 4. The van der Waals surface area contributed by atoms with Gasteiger partial charge >= 0.3 is 5.97 Å². The monoisotopic (exact) mass is 299 g/mol. The van der Waals surface area contributed by atoms with Gasteiger partial charge in [0.1, 0.15) is 19.0 Å². The first kappa shape index (κ1) is 13.7. The van der Waals surface area contributed by atoms with Gasteiger partial charge in [-0.05, 0) is 12.1 Å². The van der Waals surface area contributed by atoms with Crippen molar-refractivity contribution in [2.45, 2.75) is 13.2 Å². The molecule has 1 aromatic heterocycles. The van der Waals surface area contributed by atoms with Crippen LogP contribution in [0.2, 0.25) is 10.0 Å². The fraction of sp³-hybridized carbons (Fsp3) is 0.167. The summed E-state index contributed by atoms with van der Waals surface area (Å²) in [5.41, 5.74) is 6.09. The standard InChI is InChI=1S/C12H11Cl2N3O2/c13-9-3-1-2-8(12(9)14)7-19-11(18)6-17-5-4-10(15)16-17/h1-5H,6-7H2,(H2,15,16). The molecule has 0 radical (unpaired) electrons. The maximum absolute atomic E-state index is 11.6. The van der Waals surface area contributed by atoms with Crippen LogP contribution in [0.4, 0.5) is 5.82 Å². The molecule has 2 rings (SSSR count). The Kier molecular flexibility index (Phi) is 4.29. The Labute approximate surface area is 119 Å². The lowest BCUT2D eigenvalue weighted by Gasteiger charge is -2.07. The van der Waals surface area contributed by atoms with Crippen LogP contribution in [0, 0.1) is 0 Å². The van der Waals surface area contributed by atoms with Gasteiger partial charge in [-0.1, -0.05) is 35.3 Å². The van der Waals surface area contributed by atoms with E-state index in [1.807, 2.05) is 0 Å². The Bertz CT molecular complexity index is 598. The highest BCUT2D eigenvalue weighted by Gasteiger charge is 2.09. The minimum Gasteiger partial charge on any atom is -0.459 e. The van der Waals surface area contributed by atoms with E-state index in [1.165, 1.54) is 4.68 Å². The highest BCUT2D eigenvalue weighted by Crippen LogP contribution is 2.25. The largest absolute Gasteiger partial charge is 0.459 e. The molecule has 0 atom stereocenters. The van der Waals surface area contributed by atoms with Crippen LogP contribution in [0.3, 0.4) is 0 Å². The van der Waals surface area contributed by atoms with Crippen LogP contribution in [-0.2, 0) is 22.7 Å². The molecule has 0 saturated carbocycles. The van der Waals surface area contributed by atoms with Crippen LogP contribution in [0.1, 0.15) is 5.56 Å². The fourth-order valence-electron chi connectivity index (χ4n) is 1.46. The van der Waals surface area contributed by atoms with E-state index < -0.39 is 5.97 Å². The maximum atomic E-state index is 11.6. The van der Waals surface area contributed by atoms with Crippen molar-refractivity contribution in [3.8, 4) is 0 Å². The van der Waals surface area contributed by atoms with Gasteiger partial charge in [0.25, 0.3) is 0 Å². The molecule has 19 heavy (non-hydrogen) atoms. The molecule has 0 saturated heterocycles. The summed E-state index contributed by atoms with van der Waals surface area (Å²) in [6.45, 7) is 0.0599. The molecule has 0 aliphatic rings. The molecule has 2 N–H and O–H groups in total. The van der Waals surface area contributed by atoms with Gasteiger partial charge in [-0.15, -0.1) is 0 Å². The molecule has 1 heterocycles. The number of aromatic nitrogens is 2. The van der Waals surface area contributed by atoms with Crippen LogP contribution in [0.5, 0.6) is 0 Å². The first-order valence-corrected chi connectivity index (χ1v) is 6.19. The summed E-state index contributed by atoms with van der Waals surface area (Å²) >= 11 is 11.8. The molecule has 0 unspecified atom stereocenters. The third kappa shape index (κ3) is 3.62. The van der Waals surface area contributed by atoms with Crippen molar-refractivity contribution < 1.29 is 9.53 Å². The lowest BCUT2D eigenvalue weighted by Crippen LogP contribution is -2.14. The number of nitrogens with two attached hydrogens (primary N) is 1. The number of esters is 1. The number of halogens is 2. The molecular formula is C12H11Cl2N3O2. The normalized spacial score (nSPS) is 10.4. The predicted octanol–water partition coefficient (Wildman–Crippen LogP) is 2.52. The van der Waals surface area contributed by atoms with Gasteiger partial charge in [-0.3, -0.25) is 9.48 Å². The molecule has 0 aliphatic carbocycles. The highest BCUT2D eigenvalue weighted by molar-refractivity contribution is 6.42. The van der Waals surface area contributed by atoms with Gasteiger partial charge in [-0.25, -0.2) is 0 Å². The van der Waals surface area contributed by atoms with Crippen LogP contribution in [0.25, 0.3) is 0 Å². The number of nitrogens with zero attached hydrogens (tertiary/aromatic N) is 2. The van der Waals surface area contributed by atoms with Crippen molar-refractivity contribution in [2.75, 3.05) is 5.73 Å². The van der Waals surface area contributed by atoms with Gasteiger partial charge in [0.05, 0.1) is 10.0 Å². The average molecular weight is 300 g/mol. The lowest BCUT2D eigenvalue weighted by molar-refractivity contribution is -0.145. The van der Waals surface area contributed by atoms with Crippen LogP contribution in [0.15, 0.2) is 30.5 Å². The Morgan fingerprint density at radius 1 is 1.37 bits per heavy atom. The summed E-state index contributed by atoms with van der Waals surface area (Å²) in [6, 6.07) is 6.75. The first-order chi connectivity index (χ1) is 9.06. The zero-order chi connectivity index (χ0) is 13.8.